The summed E-state index contributed by atoms with van der Waals surface area (Å²) in [4.78, 5) is 12.2. The monoisotopic (exact) mass is 258 g/mol. The minimum Gasteiger partial charge on any atom is -0.354 e. The zero-order valence-corrected chi connectivity index (χ0v) is 11.5. The molecule has 0 radical (unpaired) electrons. The Morgan fingerprint density at radius 2 is 2.11 bits per heavy atom. The van der Waals surface area contributed by atoms with E-state index in [0.29, 0.717) is 5.41 Å². The van der Waals surface area contributed by atoms with Gasteiger partial charge in [-0.2, -0.15) is 0 Å². The molecule has 0 saturated heterocycles. The van der Waals surface area contributed by atoms with E-state index < -0.39 is 0 Å². The number of benzene rings is 1. The number of rotatable bonds is 3. The van der Waals surface area contributed by atoms with Gasteiger partial charge in [0.15, 0.2) is 0 Å². The summed E-state index contributed by atoms with van der Waals surface area (Å²) in [5, 5.41) is 6.46. The van der Waals surface area contributed by atoms with Crippen molar-refractivity contribution in [1.29, 1.82) is 0 Å². The van der Waals surface area contributed by atoms with Gasteiger partial charge in [-0.1, -0.05) is 37.6 Å². The molecule has 2 aliphatic rings. The number of amides is 1. The molecule has 1 aromatic carbocycles. The van der Waals surface area contributed by atoms with Crippen molar-refractivity contribution in [3.05, 3.63) is 35.4 Å². The van der Waals surface area contributed by atoms with Gasteiger partial charge in [0.25, 0.3) is 0 Å². The quantitative estimate of drug-likeness (QED) is 0.870. The van der Waals surface area contributed by atoms with Crippen LogP contribution in [0.15, 0.2) is 24.3 Å². The smallest absolute Gasteiger partial charge is 0.237 e. The second-order valence-corrected chi connectivity index (χ2v) is 6.29. The van der Waals surface area contributed by atoms with E-state index in [4.69, 9.17) is 0 Å². The standard InChI is InChI=1S/C16H22N2O/c1-16(7-4-8-16)11-18-15(19)14-9-12-5-2-3-6-13(12)10-17-14/h2-3,5-6,14,17H,4,7-11H2,1H3,(H,18,19). The number of hydrogen-bond donors (Lipinski definition) is 2. The Hall–Kier alpha value is -1.35. The van der Waals surface area contributed by atoms with Crippen molar-refractivity contribution < 1.29 is 4.79 Å². The van der Waals surface area contributed by atoms with Crippen LogP contribution >= 0.6 is 0 Å². The highest BCUT2D eigenvalue weighted by molar-refractivity contribution is 5.82. The molecule has 1 amide bonds. The molecule has 2 N–H and O–H groups in total. The van der Waals surface area contributed by atoms with Gasteiger partial charge in [-0.15, -0.1) is 0 Å². The highest BCUT2D eigenvalue weighted by Crippen LogP contribution is 2.39. The maximum absolute atomic E-state index is 12.2. The van der Waals surface area contributed by atoms with Crippen LogP contribution < -0.4 is 10.6 Å². The summed E-state index contributed by atoms with van der Waals surface area (Å²) in [5.74, 6) is 0.155. The van der Waals surface area contributed by atoms with Crippen LogP contribution in [0.5, 0.6) is 0 Å². The third-order valence-corrected chi connectivity index (χ3v) is 4.65. The molecular weight excluding hydrogens is 236 g/mol. The van der Waals surface area contributed by atoms with Crippen molar-refractivity contribution in [3.63, 3.8) is 0 Å². The van der Waals surface area contributed by atoms with E-state index in [-0.39, 0.29) is 11.9 Å². The van der Waals surface area contributed by atoms with E-state index in [1.165, 1.54) is 30.4 Å². The van der Waals surface area contributed by atoms with E-state index in [1.807, 2.05) is 0 Å². The van der Waals surface area contributed by atoms with Crippen molar-refractivity contribution in [2.45, 2.75) is 45.2 Å². The molecule has 1 fully saturated rings. The molecule has 1 aliphatic heterocycles. The van der Waals surface area contributed by atoms with E-state index in [0.717, 1.165) is 19.5 Å². The average Bonchev–Trinajstić information content (AvgIpc) is 2.42. The Bertz CT molecular complexity index is 479. The molecule has 1 aromatic rings. The zero-order valence-electron chi connectivity index (χ0n) is 11.5. The predicted octanol–water partition coefficient (Wildman–Crippen LogP) is 2.01. The molecule has 0 aromatic heterocycles. The molecule has 1 aliphatic carbocycles. The average molecular weight is 258 g/mol. The molecule has 1 saturated carbocycles. The lowest BCUT2D eigenvalue weighted by Crippen LogP contribution is -2.50. The SMILES string of the molecule is CC1(CNC(=O)C2Cc3ccccc3CN2)CCC1. The van der Waals surface area contributed by atoms with Crippen molar-refractivity contribution in [2.24, 2.45) is 5.41 Å². The Morgan fingerprint density at radius 3 is 2.79 bits per heavy atom. The second-order valence-electron chi connectivity index (χ2n) is 6.29. The summed E-state index contributed by atoms with van der Waals surface area (Å²) in [5.41, 5.74) is 2.97. The lowest BCUT2D eigenvalue weighted by Gasteiger charge is -2.39. The Morgan fingerprint density at radius 1 is 1.37 bits per heavy atom. The molecule has 0 spiro atoms. The maximum Gasteiger partial charge on any atom is 0.237 e. The van der Waals surface area contributed by atoms with E-state index in [1.54, 1.807) is 0 Å². The van der Waals surface area contributed by atoms with E-state index in [2.05, 4.69) is 41.8 Å². The van der Waals surface area contributed by atoms with Crippen LogP contribution in [0.1, 0.15) is 37.3 Å². The zero-order chi connectivity index (χ0) is 13.3. The molecule has 1 atom stereocenters. The molecule has 3 heteroatoms. The summed E-state index contributed by atoms with van der Waals surface area (Å²) < 4.78 is 0. The summed E-state index contributed by atoms with van der Waals surface area (Å²) >= 11 is 0. The fourth-order valence-electron chi connectivity index (χ4n) is 3.02. The van der Waals surface area contributed by atoms with Gasteiger partial charge in [0, 0.05) is 13.1 Å². The Labute approximate surface area is 114 Å². The van der Waals surface area contributed by atoms with Gasteiger partial charge in [0.1, 0.15) is 0 Å². The molecule has 3 rings (SSSR count). The third-order valence-electron chi connectivity index (χ3n) is 4.65. The van der Waals surface area contributed by atoms with Crippen LogP contribution in [0.2, 0.25) is 0 Å². The van der Waals surface area contributed by atoms with Gasteiger partial charge < -0.3 is 10.6 Å². The predicted molar refractivity (Wildman–Crippen MR) is 75.7 cm³/mol. The van der Waals surface area contributed by atoms with Crippen molar-refractivity contribution in [1.82, 2.24) is 10.6 Å². The lowest BCUT2D eigenvalue weighted by molar-refractivity contribution is -0.124. The largest absolute Gasteiger partial charge is 0.354 e. The van der Waals surface area contributed by atoms with Gasteiger partial charge in [-0.25, -0.2) is 0 Å². The van der Waals surface area contributed by atoms with Crippen molar-refractivity contribution in [3.8, 4) is 0 Å². The Balaban J connectivity index is 1.57. The fourth-order valence-corrected chi connectivity index (χ4v) is 3.02. The van der Waals surface area contributed by atoms with Crippen LogP contribution in [-0.2, 0) is 17.8 Å². The molecular formula is C16H22N2O. The number of nitrogens with one attached hydrogen (secondary N) is 2. The van der Waals surface area contributed by atoms with Crippen LogP contribution in [0.3, 0.4) is 0 Å². The summed E-state index contributed by atoms with van der Waals surface area (Å²) in [6, 6.07) is 8.29. The van der Waals surface area contributed by atoms with Crippen LogP contribution in [0.25, 0.3) is 0 Å². The topological polar surface area (TPSA) is 41.1 Å². The molecule has 1 heterocycles. The highest BCUT2D eigenvalue weighted by atomic mass is 16.2. The number of carbonyl (C=O) groups excluding carboxylic acids is 1. The number of hydrogen-bond acceptors (Lipinski definition) is 2. The normalized spacial score (nSPS) is 24.2. The first kappa shape index (κ1) is 12.7. The lowest BCUT2D eigenvalue weighted by atomic mass is 9.70. The minimum atomic E-state index is -0.0708. The van der Waals surface area contributed by atoms with Gasteiger partial charge in [-0.05, 0) is 35.8 Å². The first-order valence-electron chi connectivity index (χ1n) is 7.24. The second kappa shape index (κ2) is 4.97. The number of carbonyl (C=O) groups is 1. The summed E-state index contributed by atoms with van der Waals surface area (Å²) in [6.07, 6.45) is 4.60. The first-order valence-corrected chi connectivity index (χ1v) is 7.24. The van der Waals surface area contributed by atoms with Crippen LogP contribution in [-0.4, -0.2) is 18.5 Å². The van der Waals surface area contributed by atoms with Crippen LogP contribution in [0, 0.1) is 5.41 Å². The Kier molecular flexibility index (Phi) is 3.31. The van der Waals surface area contributed by atoms with Crippen molar-refractivity contribution in [2.75, 3.05) is 6.54 Å². The summed E-state index contributed by atoms with van der Waals surface area (Å²) in [7, 11) is 0. The van der Waals surface area contributed by atoms with Gasteiger partial charge in [-0.3, -0.25) is 4.79 Å². The van der Waals surface area contributed by atoms with Gasteiger partial charge in [0.05, 0.1) is 6.04 Å². The number of fused-ring (bicyclic) bond motifs is 1. The molecule has 102 valence electrons. The molecule has 19 heavy (non-hydrogen) atoms. The van der Waals surface area contributed by atoms with E-state index in [9.17, 15) is 4.79 Å². The van der Waals surface area contributed by atoms with E-state index >= 15 is 0 Å². The summed E-state index contributed by atoms with van der Waals surface area (Å²) in [6.45, 7) is 3.89. The minimum absolute atomic E-state index is 0.0708. The third kappa shape index (κ3) is 2.66. The molecule has 1 unspecified atom stereocenters. The first-order chi connectivity index (χ1) is 9.16. The highest BCUT2D eigenvalue weighted by Gasteiger charge is 2.33. The van der Waals surface area contributed by atoms with Gasteiger partial charge >= 0.3 is 0 Å². The van der Waals surface area contributed by atoms with Crippen molar-refractivity contribution >= 4 is 5.91 Å². The van der Waals surface area contributed by atoms with Crippen LogP contribution in [0.4, 0.5) is 0 Å². The van der Waals surface area contributed by atoms with Gasteiger partial charge in [0.2, 0.25) is 5.91 Å². The molecule has 3 nitrogen and oxygen atoms in total. The molecule has 0 bridgehead atoms. The maximum atomic E-state index is 12.2. The fraction of sp³-hybridized carbons (Fsp3) is 0.562.